The minimum absolute atomic E-state index is 0.0914. The van der Waals surface area contributed by atoms with Gasteiger partial charge >= 0.3 is 5.97 Å². The van der Waals surface area contributed by atoms with Crippen LogP contribution in [0.3, 0.4) is 0 Å². The van der Waals surface area contributed by atoms with Crippen molar-refractivity contribution < 1.29 is 9.53 Å². The van der Waals surface area contributed by atoms with Crippen LogP contribution in [0.25, 0.3) is 0 Å². The number of hydrogen-bond donors (Lipinski definition) is 1. The van der Waals surface area contributed by atoms with E-state index in [0.717, 1.165) is 5.82 Å². The molecule has 1 aromatic rings. The van der Waals surface area contributed by atoms with Crippen LogP contribution in [0.1, 0.15) is 49.9 Å². The molecule has 18 heavy (non-hydrogen) atoms. The van der Waals surface area contributed by atoms with Crippen LogP contribution in [0.15, 0.2) is 0 Å². The maximum atomic E-state index is 11.8. The summed E-state index contributed by atoms with van der Waals surface area (Å²) in [7, 11) is 0. The summed E-state index contributed by atoms with van der Waals surface area (Å²) < 4.78 is 6.94. The summed E-state index contributed by atoms with van der Waals surface area (Å²) in [6, 6.07) is 0. The van der Waals surface area contributed by atoms with Gasteiger partial charge in [0, 0.05) is 5.54 Å². The summed E-state index contributed by atoms with van der Waals surface area (Å²) in [4.78, 5) is 16.0. The highest BCUT2D eigenvalue weighted by Crippen LogP contribution is 2.45. The van der Waals surface area contributed by atoms with Crippen LogP contribution in [0, 0.1) is 12.8 Å². The molecule has 0 spiro atoms. The highest BCUT2D eigenvalue weighted by Gasteiger charge is 2.41. The van der Waals surface area contributed by atoms with Crippen LogP contribution < -0.4 is 5.73 Å². The van der Waals surface area contributed by atoms with Crippen LogP contribution >= 0.6 is 0 Å². The number of anilines is 1. The summed E-state index contributed by atoms with van der Waals surface area (Å²) in [5.41, 5.74) is 6.23. The summed E-state index contributed by atoms with van der Waals surface area (Å²) in [5.74, 6) is 1.36. The van der Waals surface area contributed by atoms with Gasteiger partial charge < -0.3 is 15.0 Å². The molecule has 100 valence electrons. The van der Waals surface area contributed by atoms with E-state index in [4.69, 9.17) is 10.5 Å². The predicted octanol–water partition coefficient (Wildman–Crippen LogP) is 2.10. The lowest BCUT2D eigenvalue weighted by atomic mass is 9.98. The van der Waals surface area contributed by atoms with Crippen molar-refractivity contribution in [3.63, 3.8) is 0 Å². The molecule has 1 fully saturated rings. The highest BCUT2D eigenvalue weighted by atomic mass is 16.5. The van der Waals surface area contributed by atoms with Crippen molar-refractivity contribution in [2.75, 3.05) is 12.3 Å². The highest BCUT2D eigenvalue weighted by molar-refractivity contribution is 5.92. The number of nitrogen functional groups attached to an aromatic ring is 1. The number of nitrogens with two attached hydrogens (primary N) is 1. The topological polar surface area (TPSA) is 70.1 Å². The van der Waals surface area contributed by atoms with Gasteiger partial charge in [0.15, 0.2) is 5.69 Å². The van der Waals surface area contributed by atoms with E-state index in [-0.39, 0.29) is 11.2 Å². The maximum Gasteiger partial charge on any atom is 0.360 e. The van der Waals surface area contributed by atoms with Crippen LogP contribution in [0.2, 0.25) is 0 Å². The number of nitrogens with zero attached hydrogens (tertiary/aromatic N) is 2. The fourth-order valence-electron chi connectivity index (χ4n) is 2.60. The summed E-state index contributed by atoms with van der Waals surface area (Å²) in [6.07, 6.45) is 2.41. The zero-order chi connectivity index (χ0) is 13.5. The Balaban J connectivity index is 2.40. The van der Waals surface area contributed by atoms with Gasteiger partial charge in [-0.3, -0.25) is 0 Å². The molecule has 0 bridgehead atoms. The number of ether oxygens (including phenoxy) is 1. The lowest BCUT2D eigenvalue weighted by Gasteiger charge is -2.29. The molecular formula is C13H21N3O2. The Bertz CT molecular complexity index is 473. The van der Waals surface area contributed by atoms with E-state index in [1.54, 1.807) is 6.92 Å². The quantitative estimate of drug-likeness (QED) is 0.832. The van der Waals surface area contributed by atoms with E-state index in [0.29, 0.717) is 18.3 Å². The zero-order valence-electron chi connectivity index (χ0n) is 11.5. The number of aromatic nitrogens is 2. The Morgan fingerprint density at radius 1 is 1.56 bits per heavy atom. The Morgan fingerprint density at radius 2 is 2.17 bits per heavy atom. The second-order valence-electron chi connectivity index (χ2n) is 5.38. The van der Waals surface area contributed by atoms with Crippen molar-refractivity contribution in [3.05, 3.63) is 11.5 Å². The molecule has 0 unspecified atom stereocenters. The summed E-state index contributed by atoms with van der Waals surface area (Å²) >= 11 is 0. The van der Waals surface area contributed by atoms with E-state index in [9.17, 15) is 4.79 Å². The van der Waals surface area contributed by atoms with E-state index < -0.39 is 5.97 Å². The number of imidazole rings is 1. The molecule has 5 heteroatoms. The van der Waals surface area contributed by atoms with Gasteiger partial charge in [0.25, 0.3) is 0 Å². The van der Waals surface area contributed by atoms with Gasteiger partial charge in [0.2, 0.25) is 0 Å². The van der Waals surface area contributed by atoms with E-state index in [1.807, 2.05) is 11.5 Å². The second kappa shape index (κ2) is 4.30. The van der Waals surface area contributed by atoms with Gasteiger partial charge in [-0.2, -0.15) is 0 Å². The molecule has 1 heterocycles. The lowest BCUT2D eigenvalue weighted by molar-refractivity contribution is 0.0521. The Hall–Kier alpha value is -1.52. The van der Waals surface area contributed by atoms with Crippen molar-refractivity contribution in [2.24, 2.45) is 5.92 Å². The van der Waals surface area contributed by atoms with E-state index in [2.05, 4.69) is 18.8 Å². The van der Waals surface area contributed by atoms with Crippen LogP contribution in [0.5, 0.6) is 0 Å². The monoisotopic (exact) mass is 251 g/mol. The molecule has 5 nitrogen and oxygen atoms in total. The lowest BCUT2D eigenvalue weighted by Crippen LogP contribution is -2.31. The van der Waals surface area contributed by atoms with E-state index >= 15 is 0 Å². The first-order chi connectivity index (χ1) is 8.39. The average molecular weight is 251 g/mol. The van der Waals surface area contributed by atoms with Crippen molar-refractivity contribution in [3.8, 4) is 0 Å². The van der Waals surface area contributed by atoms with Gasteiger partial charge in [-0.25, -0.2) is 9.78 Å². The fraction of sp³-hybridized carbons (Fsp3) is 0.692. The Kier molecular flexibility index (Phi) is 3.09. The third-order valence-corrected chi connectivity index (χ3v) is 3.70. The molecule has 0 atom stereocenters. The fourth-order valence-corrected chi connectivity index (χ4v) is 2.60. The second-order valence-corrected chi connectivity index (χ2v) is 5.38. The Labute approximate surface area is 107 Å². The van der Waals surface area contributed by atoms with Crippen molar-refractivity contribution >= 4 is 11.8 Å². The van der Waals surface area contributed by atoms with Gasteiger partial charge in [-0.1, -0.05) is 0 Å². The molecule has 0 amide bonds. The number of carbonyl (C=O) groups is 1. The molecule has 0 aromatic carbocycles. The first kappa shape index (κ1) is 12.9. The molecule has 0 aliphatic heterocycles. The molecule has 0 radical (unpaired) electrons. The maximum absolute atomic E-state index is 11.8. The third kappa shape index (κ3) is 1.98. The van der Waals surface area contributed by atoms with Gasteiger partial charge in [0.05, 0.1) is 6.61 Å². The molecule has 2 rings (SSSR count). The van der Waals surface area contributed by atoms with Gasteiger partial charge in [0.1, 0.15) is 11.6 Å². The largest absolute Gasteiger partial charge is 0.461 e. The molecular weight excluding hydrogens is 230 g/mol. The normalized spacial score (nSPS) is 15.8. The smallest absolute Gasteiger partial charge is 0.360 e. The molecule has 1 aliphatic carbocycles. The summed E-state index contributed by atoms with van der Waals surface area (Å²) in [5, 5.41) is 0. The Morgan fingerprint density at radius 3 is 2.67 bits per heavy atom. The number of carbonyl (C=O) groups excluding carboxylic acids is 1. The SMILES string of the molecule is CCOC(=O)c1nc(C)n(C(C)(C)C2CC2)c1N. The first-order valence-electron chi connectivity index (χ1n) is 6.42. The molecule has 2 N–H and O–H groups in total. The number of hydrogen-bond acceptors (Lipinski definition) is 4. The van der Waals surface area contributed by atoms with Gasteiger partial charge in [-0.05, 0) is 46.5 Å². The van der Waals surface area contributed by atoms with Crippen molar-refractivity contribution in [1.82, 2.24) is 9.55 Å². The number of esters is 1. The summed E-state index contributed by atoms with van der Waals surface area (Å²) in [6.45, 7) is 8.26. The van der Waals surface area contributed by atoms with Crippen molar-refractivity contribution in [1.29, 1.82) is 0 Å². The van der Waals surface area contributed by atoms with E-state index in [1.165, 1.54) is 12.8 Å². The van der Waals surface area contributed by atoms with Crippen LogP contribution in [-0.2, 0) is 10.3 Å². The number of rotatable bonds is 4. The van der Waals surface area contributed by atoms with Gasteiger partial charge in [-0.15, -0.1) is 0 Å². The zero-order valence-corrected chi connectivity index (χ0v) is 11.5. The molecule has 1 aliphatic rings. The minimum Gasteiger partial charge on any atom is -0.461 e. The minimum atomic E-state index is -0.441. The predicted molar refractivity (Wildman–Crippen MR) is 69.4 cm³/mol. The third-order valence-electron chi connectivity index (χ3n) is 3.70. The molecule has 1 aromatic heterocycles. The average Bonchev–Trinajstić information content (AvgIpc) is 3.06. The van der Waals surface area contributed by atoms with Crippen LogP contribution in [-0.4, -0.2) is 22.1 Å². The standard InChI is InChI=1S/C13H21N3O2/c1-5-18-12(17)10-11(14)16(8(2)15-10)13(3,4)9-6-7-9/h9H,5-7,14H2,1-4H3. The van der Waals surface area contributed by atoms with Crippen molar-refractivity contribution in [2.45, 2.75) is 46.1 Å². The molecule has 1 saturated carbocycles. The van der Waals surface area contributed by atoms with Crippen LogP contribution in [0.4, 0.5) is 5.82 Å². The molecule has 0 saturated heterocycles. The first-order valence-corrected chi connectivity index (χ1v) is 6.42. The number of aryl methyl sites for hydroxylation is 1.